The van der Waals surface area contributed by atoms with Crippen LogP contribution in [0.4, 0.5) is 0 Å². The van der Waals surface area contributed by atoms with E-state index in [0.717, 1.165) is 55.0 Å². The first-order valence-electron chi connectivity index (χ1n) is 19.6. The molecule has 4 heterocycles. The molecule has 0 amide bonds. The molecule has 0 N–H and O–H groups in total. The molecular weight excluding hydrogens is 707 g/mol. The standard InChI is InChI=1S/C53H33N5/c1-3-13-34(14-4-1)36-23-27-38(28-24-36)51-54-52(39-29-25-37(26-30-39)35-15-5-2-6-16-35)56-53(55-51)58-47-22-12-10-20-43(47)44-31-32-48-45(50(44)58)33-49-42-19-8-7-17-40(42)41-18-9-11-21-46(41)57(48)49/h1-33H. The lowest BCUT2D eigenvalue weighted by Gasteiger charge is -2.12. The number of hydrogen-bond acceptors (Lipinski definition) is 3. The van der Waals surface area contributed by atoms with Crippen LogP contribution in [0.15, 0.2) is 200 Å². The van der Waals surface area contributed by atoms with Crippen LogP contribution in [0, 0.1) is 0 Å². The molecule has 0 fully saturated rings. The van der Waals surface area contributed by atoms with E-state index in [1.54, 1.807) is 0 Å². The van der Waals surface area contributed by atoms with Gasteiger partial charge in [-0.3, -0.25) is 4.57 Å². The fraction of sp³-hybridized carbons (Fsp3) is 0. The van der Waals surface area contributed by atoms with Crippen molar-refractivity contribution in [3.63, 3.8) is 0 Å². The molecule has 5 nitrogen and oxygen atoms in total. The Balaban J connectivity index is 1.14. The molecule has 0 spiro atoms. The Morgan fingerprint density at radius 3 is 1.29 bits per heavy atom. The van der Waals surface area contributed by atoms with Gasteiger partial charge in [0.2, 0.25) is 5.95 Å². The molecule has 0 radical (unpaired) electrons. The maximum atomic E-state index is 5.33. The van der Waals surface area contributed by atoms with Crippen molar-refractivity contribution >= 4 is 59.9 Å². The van der Waals surface area contributed by atoms with Crippen molar-refractivity contribution in [3.8, 4) is 51.0 Å². The summed E-state index contributed by atoms with van der Waals surface area (Å²) in [5.41, 5.74) is 12.0. The van der Waals surface area contributed by atoms with Crippen molar-refractivity contribution in [2.45, 2.75) is 0 Å². The van der Waals surface area contributed by atoms with E-state index in [-0.39, 0.29) is 0 Å². The normalized spacial score (nSPS) is 11.8. The average molecular weight is 740 g/mol. The Morgan fingerprint density at radius 1 is 0.276 bits per heavy atom. The Bertz CT molecular complexity index is 3430. The Hall–Kier alpha value is -7.89. The van der Waals surface area contributed by atoms with Crippen molar-refractivity contribution < 1.29 is 0 Å². The minimum absolute atomic E-state index is 0.572. The Morgan fingerprint density at radius 2 is 0.707 bits per heavy atom. The number of hydrogen-bond donors (Lipinski definition) is 0. The molecule has 0 bridgehead atoms. The van der Waals surface area contributed by atoms with E-state index in [0.29, 0.717) is 17.6 Å². The predicted octanol–water partition coefficient (Wildman–Crippen LogP) is 13.3. The third kappa shape index (κ3) is 5.00. The van der Waals surface area contributed by atoms with E-state index >= 15 is 0 Å². The summed E-state index contributed by atoms with van der Waals surface area (Å²) in [5, 5.41) is 7.12. The second kappa shape index (κ2) is 12.8. The molecule has 0 aliphatic carbocycles. The summed E-state index contributed by atoms with van der Waals surface area (Å²) in [6, 6.07) is 70.9. The molecule has 12 rings (SSSR count). The van der Waals surface area contributed by atoms with Crippen LogP contribution < -0.4 is 0 Å². The number of nitrogens with zero attached hydrogens (tertiary/aromatic N) is 5. The highest BCUT2D eigenvalue weighted by Crippen LogP contribution is 2.41. The molecule has 4 aromatic heterocycles. The highest BCUT2D eigenvalue weighted by atomic mass is 15.2. The van der Waals surface area contributed by atoms with E-state index in [1.807, 2.05) is 12.1 Å². The highest BCUT2D eigenvalue weighted by molar-refractivity contribution is 6.22. The van der Waals surface area contributed by atoms with Gasteiger partial charge in [0.05, 0.1) is 27.6 Å². The van der Waals surface area contributed by atoms with Crippen LogP contribution in [0.1, 0.15) is 0 Å². The number of rotatable bonds is 5. The monoisotopic (exact) mass is 739 g/mol. The predicted molar refractivity (Wildman–Crippen MR) is 239 cm³/mol. The molecule has 5 heteroatoms. The summed E-state index contributed by atoms with van der Waals surface area (Å²) < 4.78 is 4.67. The molecular formula is C53H33N5. The second-order valence-corrected chi connectivity index (χ2v) is 14.8. The summed E-state index contributed by atoms with van der Waals surface area (Å²) in [4.78, 5) is 15.8. The first-order chi connectivity index (χ1) is 28.8. The van der Waals surface area contributed by atoms with Crippen LogP contribution in [-0.4, -0.2) is 23.9 Å². The van der Waals surface area contributed by atoms with Gasteiger partial charge in [0.1, 0.15) is 0 Å². The first kappa shape index (κ1) is 32.4. The number of benzene rings is 8. The summed E-state index contributed by atoms with van der Waals surface area (Å²) >= 11 is 0. The fourth-order valence-electron chi connectivity index (χ4n) is 8.85. The maximum Gasteiger partial charge on any atom is 0.238 e. The smallest absolute Gasteiger partial charge is 0.238 e. The van der Waals surface area contributed by atoms with Crippen LogP contribution in [0.5, 0.6) is 0 Å². The van der Waals surface area contributed by atoms with Gasteiger partial charge in [0, 0.05) is 38.1 Å². The number of pyridine rings is 1. The van der Waals surface area contributed by atoms with Gasteiger partial charge in [-0.05, 0) is 51.9 Å². The lowest BCUT2D eigenvalue weighted by Crippen LogP contribution is -2.06. The van der Waals surface area contributed by atoms with Crippen molar-refractivity contribution in [1.82, 2.24) is 23.9 Å². The SMILES string of the molecule is c1ccc(-c2ccc(-c3nc(-c4ccc(-c5ccccc5)cc4)nc(-n4c5ccccc5c5ccc6c(cc7c8ccccc8c8ccccc8n76)c54)n3)cc2)cc1. The lowest BCUT2D eigenvalue weighted by atomic mass is 10.0. The van der Waals surface area contributed by atoms with Gasteiger partial charge in [-0.25, -0.2) is 4.98 Å². The minimum atomic E-state index is 0.572. The van der Waals surface area contributed by atoms with E-state index in [1.165, 1.54) is 38.3 Å². The van der Waals surface area contributed by atoms with Crippen LogP contribution in [-0.2, 0) is 0 Å². The molecule has 0 aliphatic rings. The zero-order chi connectivity index (χ0) is 38.2. The molecule has 0 aliphatic heterocycles. The van der Waals surface area contributed by atoms with E-state index in [2.05, 4.69) is 197 Å². The number of aromatic nitrogens is 5. The Labute approximate surface area is 333 Å². The summed E-state index contributed by atoms with van der Waals surface area (Å²) in [6.07, 6.45) is 0. The minimum Gasteiger partial charge on any atom is -0.309 e. The number of para-hydroxylation sites is 2. The van der Waals surface area contributed by atoms with Crippen molar-refractivity contribution in [3.05, 3.63) is 200 Å². The van der Waals surface area contributed by atoms with Gasteiger partial charge in [0.15, 0.2) is 11.6 Å². The maximum absolute atomic E-state index is 5.33. The second-order valence-electron chi connectivity index (χ2n) is 14.8. The van der Waals surface area contributed by atoms with Gasteiger partial charge in [0.25, 0.3) is 0 Å². The quantitative estimate of drug-likeness (QED) is 0.165. The molecule has 0 saturated carbocycles. The largest absolute Gasteiger partial charge is 0.309 e. The third-order valence-corrected chi connectivity index (χ3v) is 11.6. The molecule has 8 aromatic carbocycles. The van der Waals surface area contributed by atoms with Gasteiger partial charge in [-0.15, -0.1) is 0 Å². The topological polar surface area (TPSA) is 48.0 Å². The van der Waals surface area contributed by atoms with E-state index in [9.17, 15) is 0 Å². The third-order valence-electron chi connectivity index (χ3n) is 11.6. The van der Waals surface area contributed by atoms with Crippen molar-refractivity contribution in [2.24, 2.45) is 0 Å². The summed E-state index contributed by atoms with van der Waals surface area (Å²) in [6.45, 7) is 0. The molecule has 0 unspecified atom stereocenters. The van der Waals surface area contributed by atoms with Crippen molar-refractivity contribution in [1.29, 1.82) is 0 Å². The van der Waals surface area contributed by atoms with Gasteiger partial charge in [-0.1, -0.05) is 176 Å². The van der Waals surface area contributed by atoms with Crippen LogP contribution in [0.2, 0.25) is 0 Å². The summed E-state index contributed by atoms with van der Waals surface area (Å²) in [5.74, 6) is 1.80. The van der Waals surface area contributed by atoms with Crippen molar-refractivity contribution in [2.75, 3.05) is 0 Å². The molecule has 12 aromatic rings. The Kier molecular flexibility index (Phi) is 7.16. The average Bonchev–Trinajstić information content (AvgIpc) is 3.87. The highest BCUT2D eigenvalue weighted by Gasteiger charge is 2.22. The van der Waals surface area contributed by atoms with Crippen LogP contribution in [0.3, 0.4) is 0 Å². The first-order valence-corrected chi connectivity index (χ1v) is 19.6. The summed E-state index contributed by atoms with van der Waals surface area (Å²) in [7, 11) is 0. The molecule has 0 saturated heterocycles. The van der Waals surface area contributed by atoms with Gasteiger partial charge < -0.3 is 4.40 Å². The van der Waals surface area contributed by atoms with Crippen LogP contribution in [0.25, 0.3) is 111 Å². The zero-order valence-corrected chi connectivity index (χ0v) is 31.3. The zero-order valence-electron chi connectivity index (χ0n) is 31.3. The fourth-order valence-corrected chi connectivity index (χ4v) is 8.85. The lowest BCUT2D eigenvalue weighted by molar-refractivity contribution is 0.955. The molecule has 58 heavy (non-hydrogen) atoms. The van der Waals surface area contributed by atoms with Gasteiger partial charge in [-0.2, -0.15) is 9.97 Å². The number of fused-ring (bicyclic) bond motifs is 12. The molecule has 270 valence electrons. The molecule has 0 atom stereocenters. The van der Waals surface area contributed by atoms with Gasteiger partial charge >= 0.3 is 0 Å². The van der Waals surface area contributed by atoms with E-state index in [4.69, 9.17) is 15.0 Å². The van der Waals surface area contributed by atoms with Crippen LogP contribution >= 0.6 is 0 Å². The van der Waals surface area contributed by atoms with E-state index < -0.39 is 0 Å².